The minimum Gasteiger partial charge on any atom is -0.373 e. The van der Waals surface area contributed by atoms with Crippen LogP contribution in [0.3, 0.4) is 0 Å². The van der Waals surface area contributed by atoms with Crippen molar-refractivity contribution >= 4 is 34.2 Å². The lowest BCUT2D eigenvalue weighted by atomic mass is 10.1. The fraction of sp³-hybridized carbons (Fsp3) is 0.417. The van der Waals surface area contributed by atoms with Gasteiger partial charge in [0.2, 0.25) is 0 Å². The van der Waals surface area contributed by atoms with E-state index in [9.17, 15) is 9.18 Å². The third-order valence-corrected chi connectivity index (χ3v) is 3.51. The normalized spacial score (nSPS) is 18.9. The number of hydrogen-bond donors (Lipinski definition) is 1. The number of rotatable bonds is 2. The van der Waals surface area contributed by atoms with Crippen molar-refractivity contribution in [1.29, 1.82) is 0 Å². The minimum atomic E-state index is -0.375. The van der Waals surface area contributed by atoms with E-state index in [-0.39, 0.29) is 30.2 Å². The van der Waals surface area contributed by atoms with Gasteiger partial charge in [0, 0.05) is 24.1 Å². The van der Waals surface area contributed by atoms with Gasteiger partial charge in [-0.1, -0.05) is 0 Å². The molecule has 1 aromatic rings. The summed E-state index contributed by atoms with van der Waals surface area (Å²) in [5.41, 5.74) is 5.99. The fourth-order valence-corrected chi connectivity index (χ4v) is 2.40. The highest BCUT2D eigenvalue weighted by Gasteiger charge is 2.25. The molecule has 0 spiro atoms. The molecule has 0 saturated carbocycles. The second-order valence-electron chi connectivity index (χ2n) is 4.10. The Labute approximate surface area is 125 Å². The van der Waals surface area contributed by atoms with E-state index in [1.807, 2.05) is 0 Å². The fourth-order valence-electron chi connectivity index (χ4n) is 1.88. The number of carbonyl (C=O) groups excluding carboxylic acids is 1. The van der Waals surface area contributed by atoms with Crippen LogP contribution in [-0.2, 0) is 4.74 Å². The van der Waals surface area contributed by atoms with Gasteiger partial charge in [0.15, 0.2) is 0 Å². The Morgan fingerprint density at radius 2 is 2.32 bits per heavy atom. The maximum absolute atomic E-state index is 13.0. The van der Waals surface area contributed by atoms with Gasteiger partial charge < -0.3 is 15.4 Å². The molecule has 1 heterocycles. The van der Waals surface area contributed by atoms with Crippen molar-refractivity contribution in [3.05, 3.63) is 34.1 Å². The third-order valence-electron chi connectivity index (χ3n) is 2.85. The molecule has 0 radical (unpaired) electrons. The molecule has 0 aliphatic carbocycles. The number of nitrogens with two attached hydrogens (primary N) is 1. The molecule has 1 atom stereocenters. The standard InChI is InChI=1S/C12H14BrFN2O2.ClH/c13-11-5-8(14)1-2-10(11)12(17)16-3-4-18-9(6-15)7-16;/h1-2,5,9H,3-4,6-7,15H2;1H. The molecule has 1 fully saturated rings. The lowest BCUT2D eigenvalue weighted by Crippen LogP contribution is -2.48. The van der Waals surface area contributed by atoms with E-state index in [4.69, 9.17) is 10.5 Å². The van der Waals surface area contributed by atoms with Crippen LogP contribution in [0.1, 0.15) is 10.4 Å². The van der Waals surface area contributed by atoms with Crippen LogP contribution in [0.5, 0.6) is 0 Å². The van der Waals surface area contributed by atoms with Gasteiger partial charge in [-0.2, -0.15) is 0 Å². The van der Waals surface area contributed by atoms with Crippen LogP contribution >= 0.6 is 28.3 Å². The highest BCUT2D eigenvalue weighted by Crippen LogP contribution is 2.20. The first kappa shape index (κ1) is 16.4. The maximum Gasteiger partial charge on any atom is 0.255 e. The van der Waals surface area contributed by atoms with Crippen LogP contribution < -0.4 is 5.73 Å². The van der Waals surface area contributed by atoms with Crippen molar-refractivity contribution in [2.24, 2.45) is 5.73 Å². The zero-order valence-electron chi connectivity index (χ0n) is 10.1. The van der Waals surface area contributed by atoms with Crippen molar-refractivity contribution in [3.63, 3.8) is 0 Å². The smallest absolute Gasteiger partial charge is 0.255 e. The highest BCUT2D eigenvalue weighted by atomic mass is 79.9. The molecule has 2 rings (SSSR count). The van der Waals surface area contributed by atoms with E-state index in [1.165, 1.54) is 18.2 Å². The molecule has 106 valence electrons. The number of halogens is 3. The average molecular weight is 354 g/mol. The highest BCUT2D eigenvalue weighted by molar-refractivity contribution is 9.10. The third kappa shape index (κ3) is 3.89. The monoisotopic (exact) mass is 352 g/mol. The number of benzene rings is 1. The molecule has 7 heteroatoms. The van der Waals surface area contributed by atoms with Gasteiger partial charge >= 0.3 is 0 Å². The first-order valence-electron chi connectivity index (χ1n) is 5.68. The van der Waals surface area contributed by atoms with E-state index >= 15 is 0 Å². The van der Waals surface area contributed by atoms with E-state index in [0.717, 1.165) is 0 Å². The van der Waals surface area contributed by atoms with Crippen molar-refractivity contribution in [2.75, 3.05) is 26.2 Å². The Morgan fingerprint density at radius 3 is 2.95 bits per heavy atom. The average Bonchev–Trinajstić information content (AvgIpc) is 2.38. The van der Waals surface area contributed by atoms with Crippen molar-refractivity contribution in [1.82, 2.24) is 4.90 Å². The SMILES string of the molecule is Cl.NCC1CN(C(=O)c2ccc(F)cc2Br)CCO1. The van der Waals surface area contributed by atoms with Gasteiger partial charge in [-0.15, -0.1) is 12.4 Å². The van der Waals surface area contributed by atoms with Gasteiger partial charge in [-0.3, -0.25) is 4.79 Å². The summed E-state index contributed by atoms with van der Waals surface area (Å²) in [5, 5.41) is 0. The van der Waals surface area contributed by atoms with Crippen LogP contribution in [0, 0.1) is 5.82 Å². The van der Waals surface area contributed by atoms with E-state index in [2.05, 4.69) is 15.9 Å². The molecular formula is C12H15BrClFN2O2. The Morgan fingerprint density at radius 1 is 1.58 bits per heavy atom. The summed E-state index contributed by atoms with van der Waals surface area (Å²) in [5.74, 6) is -0.510. The Bertz CT molecular complexity index is 461. The Hall–Kier alpha value is -0.690. The summed E-state index contributed by atoms with van der Waals surface area (Å²) in [7, 11) is 0. The van der Waals surface area contributed by atoms with Crippen LogP contribution in [0.15, 0.2) is 22.7 Å². The zero-order chi connectivity index (χ0) is 13.1. The van der Waals surface area contributed by atoms with E-state index in [1.54, 1.807) is 4.90 Å². The lowest BCUT2D eigenvalue weighted by Gasteiger charge is -2.32. The maximum atomic E-state index is 13.0. The van der Waals surface area contributed by atoms with Crippen LogP contribution in [-0.4, -0.2) is 43.2 Å². The quantitative estimate of drug-likeness (QED) is 0.882. The number of ether oxygens (including phenoxy) is 1. The molecule has 0 bridgehead atoms. The predicted octanol–water partition coefficient (Wildman–Crippen LogP) is 1.81. The topological polar surface area (TPSA) is 55.6 Å². The summed E-state index contributed by atoms with van der Waals surface area (Å²) in [6, 6.07) is 4.04. The summed E-state index contributed by atoms with van der Waals surface area (Å²) >= 11 is 3.20. The number of morpholine rings is 1. The van der Waals surface area contributed by atoms with Gasteiger partial charge in [-0.05, 0) is 34.1 Å². The molecule has 1 unspecified atom stereocenters. The minimum absolute atomic E-state index is 0. The van der Waals surface area contributed by atoms with E-state index in [0.29, 0.717) is 36.3 Å². The second kappa shape index (κ2) is 7.19. The number of hydrogen-bond acceptors (Lipinski definition) is 3. The summed E-state index contributed by atoms with van der Waals surface area (Å²) in [4.78, 5) is 14.0. The number of carbonyl (C=O) groups is 1. The van der Waals surface area contributed by atoms with Gasteiger partial charge in [0.1, 0.15) is 5.82 Å². The summed E-state index contributed by atoms with van der Waals surface area (Å²) < 4.78 is 18.8. The predicted molar refractivity (Wildman–Crippen MR) is 76.0 cm³/mol. The van der Waals surface area contributed by atoms with Crippen molar-refractivity contribution in [2.45, 2.75) is 6.10 Å². The zero-order valence-corrected chi connectivity index (χ0v) is 12.5. The molecule has 1 aromatic carbocycles. The van der Waals surface area contributed by atoms with Crippen molar-refractivity contribution < 1.29 is 13.9 Å². The van der Waals surface area contributed by atoms with Gasteiger partial charge in [0.25, 0.3) is 5.91 Å². The molecule has 19 heavy (non-hydrogen) atoms. The molecule has 1 saturated heterocycles. The molecule has 0 aromatic heterocycles. The second-order valence-corrected chi connectivity index (χ2v) is 4.96. The first-order chi connectivity index (χ1) is 8.61. The number of nitrogens with zero attached hydrogens (tertiary/aromatic N) is 1. The first-order valence-corrected chi connectivity index (χ1v) is 6.47. The molecule has 1 aliphatic heterocycles. The number of amides is 1. The van der Waals surface area contributed by atoms with Gasteiger partial charge in [0.05, 0.1) is 18.3 Å². The van der Waals surface area contributed by atoms with E-state index < -0.39 is 0 Å². The van der Waals surface area contributed by atoms with Crippen LogP contribution in [0.2, 0.25) is 0 Å². The van der Waals surface area contributed by atoms with Crippen LogP contribution in [0.4, 0.5) is 4.39 Å². The van der Waals surface area contributed by atoms with Crippen LogP contribution in [0.25, 0.3) is 0 Å². The van der Waals surface area contributed by atoms with Gasteiger partial charge in [-0.25, -0.2) is 4.39 Å². The lowest BCUT2D eigenvalue weighted by molar-refractivity contribution is -0.0167. The summed E-state index contributed by atoms with van der Waals surface area (Å²) in [6.45, 7) is 1.86. The molecule has 1 amide bonds. The Balaban J connectivity index is 0.00000180. The van der Waals surface area contributed by atoms with Crippen molar-refractivity contribution in [3.8, 4) is 0 Å². The molecule has 1 aliphatic rings. The molecular weight excluding hydrogens is 338 g/mol. The molecule has 4 nitrogen and oxygen atoms in total. The molecule has 2 N–H and O–H groups in total. The summed E-state index contributed by atoms with van der Waals surface area (Å²) in [6.07, 6.45) is -0.123. The Kier molecular flexibility index (Phi) is 6.19. The largest absolute Gasteiger partial charge is 0.373 e.